The van der Waals surface area contributed by atoms with Crippen LogP contribution in [0.5, 0.6) is 0 Å². The van der Waals surface area contributed by atoms with E-state index in [1.165, 1.54) is 6.07 Å². The van der Waals surface area contributed by atoms with E-state index >= 15 is 0 Å². The van der Waals surface area contributed by atoms with Gasteiger partial charge in [-0.1, -0.05) is 20.3 Å². The minimum atomic E-state index is -3.27. The number of aromatic amines is 1. The van der Waals surface area contributed by atoms with Crippen molar-refractivity contribution in [3.8, 4) is 0 Å². The summed E-state index contributed by atoms with van der Waals surface area (Å²) in [5.74, 6) is 0.804. The average Bonchev–Trinajstić information content (AvgIpc) is 2.84. The molecule has 1 fully saturated rings. The van der Waals surface area contributed by atoms with Crippen LogP contribution in [-0.2, 0) is 10.0 Å². The maximum atomic E-state index is 12.1. The summed E-state index contributed by atoms with van der Waals surface area (Å²) in [4.78, 5) is 20.4. The van der Waals surface area contributed by atoms with Crippen molar-refractivity contribution in [2.24, 2.45) is 5.92 Å². The second kappa shape index (κ2) is 6.78. The minimum Gasteiger partial charge on any atom is -0.341 e. The standard InChI is InChI=1S/C14H24N4O3S/c1-4-10(2)9-22(20,21)17-12-5-6-18(8-12)14-15-11(3)7-13(19)16-14/h7,10,12,17H,4-6,8-9H2,1-3H3,(H,15,16,19). The van der Waals surface area contributed by atoms with Gasteiger partial charge in [-0.05, 0) is 19.3 Å². The molecule has 0 aliphatic carbocycles. The Balaban J connectivity index is 1.99. The number of aryl methyl sites for hydroxylation is 1. The van der Waals surface area contributed by atoms with Crippen molar-refractivity contribution in [2.75, 3.05) is 23.7 Å². The fourth-order valence-corrected chi connectivity index (χ4v) is 4.34. The van der Waals surface area contributed by atoms with Gasteiger partial charge in [-0.15, -0.1) is 0 Å². The smallest absolute Gasteiger partial charge is 0.252 e. The zero-order valence-corrected chi connectivity index (χ0v) is 14.1. The first-order valence-electron chi connectivity index (χ1n) is 7.62. The summed E-state index contributed by atoms with van der Waals surface area (Å²) in [6, 6.07) is 1.30. The average molecular weight is 328 g/mol. The van der Waals surface area contributed by atoms with Gasteiger partial charge in [0.05, 0.1) is 5.75 Å². The van der Waals surface area contributed by atoms with E-state index in [1.807, 2.05) is 18.7 Å². The second-order valence-electron chi connectivity index (χ2n) is 6.05. The maximum absolute atomic E-state index is 12.1. The Morgan fingerprint density at radius 1 is 1.55 bits per heavy atom. The molecule has 0 radical (unpaired) electrons. The molecule has 1 aliphatic heterocycles. The van der Waals surface area contributed by atoms with Gasteiger partial charge in [0, 0.05) is 30.9 Å². The van der Waals surface area contributed by atoms with Crippen LogP contribution in [0.4, 0.5) is 5.95 Å². The number of nitrogens with zero attached hydrogens (tertiary/aromatic N) is 2. The van der Waals surface area contributed by atoms with E-state index in [4.69, 9.17) is 0 Å². The third-order valence-corrected chi connectivity index (χ3v) is 5.59. The van der Waals surface area contributed by atoms with Crippen LogP contribution < -0.4 is 15.2 Å². The Labute approximate surface area is 131 Å². The van der Waals surface area contributed by atoms with Gasteiger partial charge in [-0.2, -0.15) is 0 Å². The number of hydrogen-bond donors (Lipinski definition) is 2. The molecule has 8 heteroatoms. The summed E-state index contributed by atoms with van der Waals surface area (Å²) in [5.41, 5.74) is 0.461. The fraction of sp³-hybridized carbons (Fsp3) is 0.714. The van der Waals surface area contributed by atoms with Crippen LogP contribution in [0.25, 0.3) is 0 Å². The molecule has 22 heavy (non-hydrogen) atoms. The number of rotatable bonds is 6. The molecular weight excluding hydrogens is 304 g/mol. The van der Waals surface area contributed by atoms with E-state index in [-0.39, 0.29) is 23.3 Å². The molecule has 1 aliphatic rings. The summed E-state index contributed by atoms with van der Waals surface area (Å²) in [6.45, 7) is 6.87. The largest absolute Gasteiger partial charge is 0.341 e. The lowest BCUT2D eigenvalue weighted by Crippen LogP contribution is -2.39. The molecule has 0 aromatic carbocycles. The van der Waals surface area contributed by atoms with Gasteiger partial charge < -0.3 is 4.90 Å². The SMILES string of the molecule is CCC(C)CS(=O)(=O)NC1CCN(c2nc(C)cc(=O)[nH]2)C1. The van der Waals surface area contributed by atoms with Crippen molar-refractivity contribution in [3.63, 3.8) is 0 Å². The normalized spacial score (nSPS) is 20.3. The number of aromatic nitrogens is 2. The van der Waals surface area contributed by atoms with Crippen LogP contribution in [0.3, 0.4) is 0 Å². The zero-order valence-electron chi connectivity index (χ0n) is 13.3. The van der Waals surface area contributed by atoms with E-state index in [0.717, 1.165) is 6.42 Å². The van der Waals surface area contributed by atoms with Gasteiger partial charge in [0.1, 0.15) is 0 Å². The molecule has 124 valence electrons. The van der Waals surface area contributed by atoms with Crippen LogP contribution in [0.15, 0.2) is 10.9 Å². The van der Waals surface area contributed by atoms with Gasteiger partial charge in [-0.3, -0.25) is 9.78 Å². The summed E-state index contributed by atoms with van der Waals surface area (Å²) in [6.07, 6.45) is 1.55. The van der Waals surface area contributed by atoms with Crippen molar-refractivity contribution < 1.29 is 8.42 Å². The highest BCUT2D eigenvalue weighted by molar-refractivity contribution is 7.89. The molecule has 0 saturated carbocycles. The van der Waals surface area contributed by atoms with Crippen LogP contribution in [-0.4, -0.2) is 43.3 Å². The quantitative estimate of drug-likeness (QED) is 0.798. The topological polar surface area (TPSA) is 95.2 Å². The lowest BCUT2D eigenvalue weighted by atomic mass is 10.2. The van der Waals surface area contributed by atoms with Gasteiger partial charge in [0.2, 0.25) is 16.0 Å². The summed E-state index contributed by atoms with van der Waals surface area (Å²) in [5, 5.41) is 0. The summed E-state index contributed by atoms with van der Waals surface area (Å²) in [7, 11) is -3.27. The number of hydrogen-bond acceptors (Lipinski definition) is 5. The van der Waals surface area contributed by atoms with E-state index in [2.05, 4.69) is 14.7 Å². The zero-order chi connectivity index (χ0) is 16.3. The van der Waals surface area contributed by atoms with Gasteiger partial charge in [0.25, 0.3) is 5.56 Å². The van der Waals surface area contributed by atoms with Crippen molar-refractivity contribution in [1.29, 1.82) is 0 Å². The van der Waals surface area contributed by atoms with Crippen LogP contribution >= 0.6 is 0 Å². The highest BCUT2D eigenvalue weighted by Crippen LogP contribution is 2.16. The highest BCUT2D eigenvalue weighted by Gasteiger charge is 2.28. The molecule has 2 atom stereocenters. The second-order valence-corrected chi connectivity index (χ2v) is 7.85. The Kier molecular flexibility index (Phi) is 5.23. The molecule has 0 spiro atoms. The molecule has 2 heterocycles. The van der Waals surface area contributed by atoms with E-state index in [9.17, 15) is 13.2 Å². The molecule has 2 rings (SSSR count). The predicted molar refractivity (Wildman–Crippen MR) is 86.6 cm³/mol. The lowest BCUT2D eigenvalue weighted by Gasteiger charge is -2.18. The maximum Gasteiger partial charge on any atom is 0.252 e. The Hall–Kier alpha value is -1.41. The van der Waals surface area contributed by atoms with Crippen molar-refractivity contribution >= 4 is 16.0 Å². The Bertz CT molecular complexity index is 671. The van der Waals surface area contributed by atoms with Crippen LogP contribution in [0, 0.1) is 12.8 Å². The Morgan fingerprint density at radius 3 is 2.91 bits per heavy atom. The van der Waals surface area contributed by atoms with Gasteiger partial charge in [-0.25, -0.2) is 18.1 Å². The third-order valence-electron chi connectivity index (χ3n) is 3.89. The number of sulfonamides is 1. The molecule has 0 amide bonds. The molecule has 1 saturated heterocycles. The molecular formula is C14H24N4O3S. The van der Waals surface area contributed by atoms with Crippen molar-refractivity contribution in [2.45, 2.75) is 39.7 Å². The third kappa shape index (κ3) is 4.54. The van der Waals surface area contributed by atoms with E-state index in [1.54, 1.807) is 6.92 Å². The predicted octanol–water partition coefficient (Wildman–Crippen LogP) is 0.623. The molecule has 1 aromatic heterocycles. The first-order chi connectivity index (χ1) is 10.3. The van der Waals surface area contributed by atoms with Crippen LogP contribution in [0.1, 0.15) is 32.4 Å². The molecule has 2 unspecified atom stereocenters. The van der Waals surface area contributed by atoms with Crippen LogP contribution in [0.2, 0.25) is 0 Å². The Morgan fingerprint density at radius 2 is 2.27 bits per heavy atom. The summed E-state index contributed by atoms with van der Waals surface area (Å²) >= 11 is 0. The van der Waals surface area contributed by atoms with Crippen molar-refractivity contribution in [1.82, 2.24) is 14.7 Å². The number of H-pyrrole nitrogens is 1. The number of nitrogens with one attached hydrogen (secondary N) is 2. The number of anilines is 1. The van der Waals surface area contributed by atoms with Crippen molar-refractivity contribution in [3.05, 3.63) is 22.1 Å². The molecule has 2 N–H and O–H groups in total. The first-order valence-corrected chi connectivity index (χ1v) is 9.27. The van der Waals surface area contributed by atoms with E-state index < -0.39 is 10.0 Å². The fourth-order valence-electron chi connectivity index (χ4n) is 2.56. The molecule has 0 bridgehead atoms. The van der Waals surface area contributed by atoms with Gasteiger partial charge >= 0.3 is 0 Å². The highest BCUT2D eigenvalue weighted by atomic mass is 32.2. The van der Waals surface area contributed by atoms with Gasteiger partial charge in [0.15, 0.2) is 0 Å². The molecule has 7 nitrogen and oxygen atoms in total. The first kappa shape index (κ1) is 17.0. The van der Waals surface area contributed by atoms with E-state index in [0.29, 0.717) is 31.2 Å². The minimum absolute atomic E-state index is 0.139. The summed E-state index contributed by atoms with van der Waals surface area (Å²) < 4.78 is 27.0. The molecule has 1 aromatic rings. The monoisotopic (exact) mass is 328 g/mol. The lowest BCUT2D eigenvalue weighted by molar-refractivity contribution is 0.537.